The summed E-state index contributed by atoms with van der Waals surface area (Å²) >= 11 is 0. The summed E-state index contributed by atoms with van der Waals surface area (Å²) in [5, 5.41) is 8.17. The van der Waals surface area contributed by atoms with Crippen LogP contribution in [0.2, 0.25) is 72.5 Å². The monoisotopic (exact) mass is 1860 g/mol. The number of carbonyl (C=O) groups excluding carboxylic acids is 2. The zero-order valence-electron chi connectivity index (χ0n) is 83.6. The van der Waals surface area contributed by atoms with E-state index in [1.54, 1.807) is 0 Å². The van der Waals surface area contributed by atoms with Crippen LogP contribution in [0.25, 0.3) is 0 Å². The molecule has 0 radical (unpaired) electrons. The lowest BCUT2D eigenvalue weighted by Crippen LogP contribution is -2.62. The molecule has 1 saturated carbocycles. The van der Waals surface area contributed by atoms with Crippen molar-refractivity contribution >= 4 is 51.1 Å². The Hall–Kier alpha value is -3.74. The first-order valence-electron chi connectivity index (χ1n) is 47.8. The average Bonchev–Trinajstić information content (AvgIpc) is 1.58. The molecular weight excluding hydrogens is 1690 g/mol. The summed E-state index contributed by atoms with van der Waals surface area (Å²) in [7, 11) is -9.69. The second kappa shape index (κ2) is 44.2. The lowest BCUT2D eigenvalue weighted by molar-refractivity contribution is -0.357. The van der Waals surface area contributed by atoms with Crippen molar-refractivity contribution in [3.63, 3.8) is 0 Å². The van der Waals surface area contributed by atoms with E-state index in [4.69, 9.17) is 98.9 Å². The highest BCUT2D eigenvalue weighted by atomic mass is 28.4. The molecule has 7 aliphatic rings. The molecule has 6 saturated heterocycles. The molecule has 0 spiro atoms. The molecule has 10 rings (SSSR count). The van der Waals surface area contributed by atoms with Crippen LogP contribution in [0.3, 0.4) is 0 Å². The van der Waals surface area contributed by atoms with Gasteiger partial charge in [-0.3, -0.25) is 15.0 Å². The topological polar surface area (TPSA) is 243 Å². The highest BCUT2D eigenvalue weighted by Crippen LogP contribution is 2.58. The largest absolute Gasteiger partial charge is 0.462 e. The summed E-state index contributed by atoms with van der Waals surface area (Å²) in [4.78, 5) is 30.5. The Bertz CT molecular complexity index is 3930. The number of fused-ring (bicyclic) bond motifs is 2. The Labute approximate surface area is 775 Å². The fraction of sp³-hybridized carbons (Fsp3) is 0.792. The number of benzene rings is 3. The van der Waals surface area contributed by atoms with Gasteiger partial charge in [-0.2, -0.15) is 0 Å². The van der Waals surface area contributed by atoms with Crippen LogP contribution < -0.4 is 0 Å². The number of nitrogens with one attached hydrogen (secondary N) is 1. The second-order valence-corrected chi connectivity index (χ2v) is 64.1. The maximum absolute atomic E-state index is 15.3. The summed E-state index contributed by atoms with van der Waals surface area (Å²) in [6, 6.07) is 31.2. The molecule has 0 bridgehead atoms. The molecule has 1 N–H and O–H groups in total. The van der Waals surface area contributed by atoms with Crippen molar-refractivity contribution in [2.24, 2.45) is 40.9 Å². The van der Waals surface area contributed by atoms with E-state index in [2.05, 4.69) is 232 Å². The number of esters is 2. The van der Waals surface area contributed by atoms with Crippen molar-refractivity contribution in [1.82, 2.24) is 0 Å². The highest BCUT2D eigenvalue weighted by molar-refractivity contribution is 6.75. The third kappa shape index (κ3) is 27.2. The van der Waals surface area contributed by atoms with E-state index in [9.17, 15) is 0 Å². The Morgan fingerprint density at radius 2 is 1.04 bits per heavy atom. The molecular formula is C101H171NO22Si4. The molecule has 3 aromatic rings. The summed E-state index contributed by atoms with van der Waals surface area (Å²) in [5.74, 6) is -3.06. The fourth-order valence-corrected chi connectivity index (χ4v) is 23.1. The summed E-state index contributed by atoms with van der Waals surface area (Å²) in [6.07, 6.45) is -10.1. The van der Waals surface area contributed by atoms with Gasteiger partial charge in [0, 0.05) is 42.4 Å². The van der Waals surface area contributed by atoms with Crippen LogP contribution in [0.5, 0.6) is 0 Å². The lowest BCUT2D eigenvalue weighted by atomic mass is 9.80. The van der Waals surface area contributed by atoms with Gasteiger partial charge in [0.2, 0.25) is 6.29 Å². The molecule has 6 heterocycles. The minimum Gasteiger partial charge on any atom is -0.462 e. The zero-order chi connectivity index (χ0) is 93.7. The van der Waals surface area contributed by atoms with Gasteiger partial charge in [-0.05, 0) is 154 Å². The lowest BCUT2D eigenvalue weighted by Gasteiger charge is -2.48. The maximum Gasteiger partial charge on any atom is 0.308 e. The maximum atomic E-state index is 15.3. The van der Waals surface area contributed by atoms with Crippen LogP contribution in [0.15, 0.2) is 91.0 Å². The second-order valence-electron chi connectivity index (χ2n) is 45.0. The van der Waals surface area contributed by atoms with Crippen LogP contribution >= 0.6 is 0 Å². The molecule has 728 valence electrons. The van der Waals surface area contributed by atoms with Crippen LogP contribution in [0.4, 0.5) is 0 Å². The van der Waals surface area contributed by atoms with Gasteiger partial charge >= 0.3 is 11.9 Å². The normalized spacial score (nSPS) is 32.2. The van der Waals surface area contributed by atoms with E-state index in [-0.39, 0.29) is 113 Å². The van der Waals surface area contributed by atoms with Crippen molar-refractivity contribution in [3.05, 3.63) is 108 Å². The number of ether oxygens (including phenoxy) is 16. The Kier molecular flexibility index (Phi) is 37.2. The van der Waals surface area contributed by atoms with Crippen molar-refractivity contribution in [1.29, 1.82) is 5.41 Å². The van der Waals surface area contributed by atoms with Gasteiger partial charge in [0.15, 0.2) is 70.1 Å². The van der Waals surface area contributed by atoms with Crippen LogP contribution in [-0.4, -0.2) is 206 Å². The molecule has 27 heteroatoms. The number of carbonyl (C=O) groups is 2. The average molecular weight is 1860 g/mol. The minimum absolute atomic E-state index is 0. The van der Waals surface area contributed by atoms with Gasteiger partial charge < -0.3 is 93.5 Å². The van der Waals surface area contributed by atoms with Gasteiger partial charge in [0.25, 0.3) is 0 Å². The predicted octanol–water partition coefficient (Wildman–Crippen LogP) is 22.2. The molecule has 128 heavy (non-hydrogen) atoms. The molecule has 6 aliphatic heterocycles. The Morgan fingerprint density at radius 3 is 1.60 bits per heavy atom. The smallest absolute Gasteiger partial charge is 0.308 e. The molecule has 10 unspecified atom stereocenters. The third-order valence-corrected chi connectivity index (χ3v) is 48.6. The number of hydrogen-bond donors (Lipinski definition) is 1. The quantitative estimate of drug-likeness (QED) is 0.0241. The number of hydrogen-bond acceptors (Lipinski definition) is 23. The molecule has 0 amide bonds. The molecule has 0 aromatic heterocycles. The summed E-state index contributed by atoms with van der Waals surface area (Å²) < 4.78 is 139. The van der Waals surface area contributed by atoms with Gasteiger partial charge in [0.1, 0.15) is 48.8 Å². The van der Waals surface area contributed by atoms with Crippen LogP contribution in [0.1, 0.15) is 248 Å². The molecule has 3 aromatic carbocycles. The van der Waals surface area contributed by atoms with Gasteiger partial charge in [-0.15, -0.1) is 0 Å². The van der Waals surface area contributed by atoms with Crippen molar-refractivity contribution in [2.75, 3.05) is 26.4 Å². The van der Waals surface area contributed by atoms with E-state index < -0.39 is 168 Å². The van der Waals surface area contributed by atoms with E-state index in [0.29, 0.717) is 45.9 Å². The standard InChI is InChI=1S/C100H167NO22Si4.CH4/c1-33-62(3)77(112-81(102)53-75(122-126(29,30)97(17,18)19)52-78(63(4)34-2)113-91-66(7)85(123-127(31,32)98(20,21)22)80(114-91)59-108-124(25,26)95(11,12)13)51-74(121-125(27,28)96(14,15)16)54-82(103)115-83-64(5)86(93(109-67(83)8)111-69(10)101)117-94-89-88(119-99(23,24)120-89)87(68(9)110-94)118-90-65(6)84(79(58-106-90)105-57-71-46-40-36-41-47-71)116-92-76-50-73(72-48-42-37-43-49-72)55-100(76,61-107-92)60-104-56-70-44-38-35-39-45-70;/h35-49,62-68,73-80,83-94,101H,33-34,50-61H2,1-32H3;1H4/t62-,63-,64?,65?,66?,67?,68+,73-,74-,75-,76?,77-,78-,79+,80-,83+,84?,85?,86?,87-,88?,89?,90-,91+,92-,93+,94-,100+;/m0./s1. The van der Waals surface area contributed by atoms with Crippen LogP contribution in [-0.2, 0) is 116 Å². The summed E-state index contributed by atoms with van der Waals surface area (Å²) in [5.41, 5.74) is 3.15. The Morgan fingerprint density at radius 1 is 0.539 bits per heavy atom. The first-order valence-corrected chi connectivity index (χ1v) is 59.5. The van der Waals surface area contributed by atoms with Gasteiger partial charge in [-0.1, -0.05) is 243 Å². The van der Waals surface area contributed by atoms with Gasteiger partial charge in [0.05, 0.1) is 95.2 Å². The van der Waals surface area contributed by atoms with Crippen LogP contribution in [0, 0.1) is 46.3 Å². The first kappa shape index (κ1) is 108. The SMILES string of the molecule is C.CC[C@H](C)[C@H](C[C@@H](CC(=O)O[C@H]1C(C)O[C@H](OC(C)=N)C(O[C@@H]2O[C@H](C)[C@H](O[C@@H]3OC[C@@H](OCc4ccccc4)C(O[C@@H]4OC[C@]5(COCc6ccccc6)C[C@@H](c6ccccc6)CC45)C3C)C3OC(C)(C)OC32)C1C)O[Si](C)(C)C(C)(C)C)OC(=O)C[C@H](C[C@H](O[C@@H]1O[C@@H](CO[Si](C)(C)C(C)(C)C)C(O[Si](C)(C)C(C)(C)C)C1C)[C@@H](C)CC)O[Si](C)(C)C(C)(C)C. The van der Waals surface area contributed by atoms with Crippen molar-refractivity contribution in [2.45, 2.75) is 445 Å². The van der Waals surface area contributed by atoms with E-state index >= 15 is 9.59 Å². The van der Waals surface area contributed by atoms with E-state index in [0.717, 1.165) is 30.4 Å². The third-order valence-electron chi connectivity index (χ3n) is 30.5. The first-order chi connectivity index (χ1) is 59.1. The van der Waals surface area contributed by atoms with Crippen molar-refractivity contribution in [3.8, 4) is 0 Å². The zero-order valence-corrected chi connectivity index (χ0v) is 87.6. The predicted molar refractivity (Wildman–Crippen MR) is 511 cm³/mol. The van der Waals surface area contributed by atoms with E-state index in [1.807, 2.05) is 71.0 Å². The molecule has 1 aliphatic carbocycles. The van der Waals surface area contributed by atoms with Gasteiger partial charge in [-0.25, -0.2) is 0 Å². The minimum atomic E-state index is -2.66. The highest BCUT2D eigenvalue weighted by Gasteiger charge is 2.62. The fourth-order valence-electron chi connectivity index (χ4n) is 18.0. The molecule has 7 fully saturated rings. The molecule has 23 nitrogen and oxygen atoms in total. The molecule has 28 atom stereocenters. The van der Waals surface area contributed by atoms with E-state index in [1.165, 1.54) is 12.5 Å². The summed E-state index contributed by atoms with van der Waals surface area (Å²) in [6.45, 7) is 70.8. The number of rotatable bonds is 40. The Balaban J connectivity index is 0.0000185. The van der Waals surface area contributed by atoms with Crippen molar-refractivity contribution < 1.29 is 103 Å².